The molecule has 0 radical (unpaired) electrons. The fourth-order valence-electron chi connectivity index (χ4n) is 2.13. The molecule has 2 heterocycles. The Kier molecular flexibility index (Phi) is 4.39. The molecule has 0 aliphatic carbocycles. The summed E-state index contributed by atoms with van der Waals surface area (Å²) in [5.74, 6) is -0.371. The third-order valence-corrected chi connectivity index (χ3v) is 4.32. The maximum Gasteiger partial charge on any atom is 0.389 e. The highest BCUT2D eigenvalue weighted by Gasteiger charge is 2.13. The van der Waals surface area contributed by atoms with Crippen LogP contribution < -0.4 is 5.32 Å². The van der Waals surface area contributed by atoms with E-state index in [1.807, 2.05) is 36.6 Å². The number of thiophene rings is 1. The minimum atomic E-state index is -0.537. The van der Waals surface area contributed by atoms with Gasteiger partial charge in [0, 0.05) is 5.69 Å². The van der Waals surface area contributed by atoms with E-state index in [1.54, 1.807) is 12.3 Å². The molecule has 0 spiro atoms. The molecule has 1 aromatic carbocycles. The maximum absolute atomic E-state index is 12.2. The Morgan fingerprint density at radius 1 is 1.33 bits per heavy atom. The first kappa shape index (κ1) is 15.9. The van der Waals surface area contributed by atoms with Crippen LogP contribution in [-0.2, 0) is 6.54 Å². The predicted octanol–water partition coefficient (Wildman–Crippen LogP) is 3.46. The van der Waals surface area contributed by atoms with Crippen LogP contribution in [0, 0.1) is 17.0 Å². The van der Waals surface area contributed by atoms with Crippen molar-refractivity contribution in [3.63, 3.8) is 0 Å². The lowest BCUT2D eigenvalue weighted by Crippen LogP contribution is -2.10. The van der Waals surface area contributed by atoms with Crippen molar-refractivity contribution in [1.29, 1.82) is 0 Å². The van der Waals surface area contributed by atoms with Crippen LogP contribution in [0.25, 0.3) is 0 Å². The maximum atomic E-state index is 12.2. The first-order valence-corrected chi connectivity index (χ1v) is 8.02. The number of hydrogen-bond acceptors (Lipinski definition) is 5. The molecule has 0 atom stereocenters. The molecule has 3 aromatic rings. The fourth-order valence-corrected chi connectivity index (χ4v) is 2.93. The molecule has 1 amide bonds. The monoisotopic (exact) mass is 342 g/mol. The zero-order valence-electron chi connectivity index (χ0n) is 12.8. The molecule has 3 rings (SSSR count). The summed E-state index contributed by atoms with van der Waals surface area (Å²) in [5, 5.41) is 19.2. The molecule has 0 bridgehead atoms. The molecule has 0 fully saturated rings. The molecule has 0 aliphatic rings. The van der Waals surface area contributed by atoms with Crippen molar-refractivity contribution < 1.29 is 9.72 Å². The summed E-state index contributed by atoms with van der Waals surface area (Å²) in [7, 11) is 0. The number of carbonyl (C=O) groups is 1. The van der Waals surface area contributed by atoms with Crippen LogP contribution in [0.5, 0.6) is 0 Å². The molecule has 24 heavy (non-hydrogen) atoms. The second kappa shape index (κ2) is 6.63. The molecule has 7 nitrogen and oxygen atoms in total. The average molecular weight is 342 g/mol. The molecule has 1 N–H and O–H groups in total. The smallest absolute Gasteiger partial charge is 0.358 e. The number of aromatic nitrogens is 2. The Labute approximate surface area is 141 Å². The number of aryl methyl sites for hydroxylation is 1. The van der Waals surface area contributed by atoms with Gasteiger partial charge in [-0.1, -0.05) is 17.7 Å². The third-order valence-electron chi connectivity index (χ3n) is 3.35. The largest absolute Gasteiger partial charge is 0.389 e. The number of nitrogens with one attached hydrogen (secondary N) is 1. The summed E-state index contributed by atoms with van der Waals surface area (Å²) in [6.45, 7) is 2.36. The number of benzene rings is 1. The Morgan fingerprint density at radius 2 is 2.08 bits per heavy atom. The summed E-state index contributed by atoms with van der Waals surface area (Å²) in [4.78, 5) is 22.9. The SMILES string of the molecule is Cc1ccc(NC(=O)c2cc(Cn3ccc([N+](=O)[O-])n3)cs2)cc1. The van der Waals surface area contributed by atoms with E-state index in [4.69, 9.17) is 0 Å². The van der Waals surface area contributed by atoms with Gasteiger partial charge in [0.25, 0.3) is 5.91 Å². The van der Waals surface area contributed by atoms with E-state index in [2.05, 4.69) is 10.4 Å². The van der Waals surface area contributed by atoms with Crippen LogP contribution in [-0.4, -0.2) is 20.6 Å². The molecule has 0 unspecified atom stereocenters. The van der Waals surface area contributed by atoms with Gasteiger partial charge in [-0.3, -0.25) is 4.79 Å². The van der Waals surface area contributed by atoms with Gasteiger partial charge in [-0.25, -0.2) is 0 Å². The lowest BCUT2D eigenvalue weighted by molar-refractivity contribution is -0.389. The summed E-state index contributed by atoms with van der Waals surface area (Å²) in [6.07, 6.45) is 1.54. The van der Waals surface area contributed by atoms with E-state index in [-0.39, 0.29) is 11.7 Å². The highest BCUT2D eigenvalue weighted by molar-refractivity contribution is 7.12. The van der Waals surface area contributed by atoms with Crippen molar-refractivity contribution in [2.24, 2.45) is 0 Å². The van der Waals surface area contributed by atoms with Crippen molar-refractivity contribution in [2.45, 2.75) is 13.5 Å². The summed E-state index contributed by atoms with van der Waals surface area (Å²) < 4.78 is 1.47. The minimum Gasteiger partial charge on any atom is -0.358 e. The number of nitrogens with zero attached hydrogens (tertiary/aromatic N) is 3. The molecule has 122 valence electrons. The van der Waals surface area contributed by atoms with Gasteiger partial charge in [0.15, 0.2) is 0 Å². The highest BCUT2D eigenvalue weighted by Crippen LogP contribution is 2.18. The van der Waals surface area contributed by atoms with Gasteiger partial charge in [0.2, 0.25) is 0 Å². The van der Waals surface area contributed by atoms with Gasteiger partial charge >= 0.3 is 5.82 Å². The number of nitro groups is 1. The van der Waals surface area contributed by atoms with Gasteiger partial charge in [0.05, 0.1) is 28.8 Å². The number of hydrogen-bond donors (Lipinski definition) is 1. The lowest BCUT2D eigenvalue weighted by atomic mass is 10.2. The predicted molar refractivity (Wildman–Crippen MR) is 91.4 cm³/mol. The third kappa shape index (κ3) is 3.66. The summed E-state index contributed by atoms with van der Waals surface area (Å²) in [6, 6.07) is 10.7. The molecule has 0 saturated heterocycles. The van der Waals surface area contributed by atoms with Gasteiger partial charge in [-0.15, -0.1) is 11.3 Å². The van der Waals surface area contributed by atoms with Gasteiger partial charge in [-0.05, 0) is 41.0 Å². The first-order valence-electron chi connectivity index (χ1n) is 7.14. The van der Waals surface area contributed by atoms with Crippen LogP contribution in [0.4, 0.5) is 11.5 Å². The molecule has 2 aromatic heterocycles. The van der Waals surface area contributed by atoms with Gasteiger partial charge < -0.3 is 15.4 Å². The Balaban J connectivity index is 1.66. The van der Waals surface area contributed by atoms with Crippen LogP contribution in [0.15, 0.2) is 48.0 Å². The molecular weight excluding hydrogens is 328 g/mol. The number of anilines is 1. The van der Waals surface area contributed by atoms with Gasteiger partial charge in [0.1, 0.15) is 0 Å². The average Bonchev–Trinajstić information content (AvgIpc) is 3.19. The van der Waals surface area contributed by atoms with Crippen LogP contribution in [0.3, 0.4) is 0 Å². The number of rotatable bonds is 5. The van der Waals surface area contributed by atoms with Crippen LogP contribution >= 0.6 is 11.3 Å². The standard InChI is InChI=1S/C16H14N4O3S/c1-11-2-4-13(5-3-11)17-16(21)14-8-12(10-24-14)9-19-7-6-15(18-19)20(22)23/h2-8,10H,9H2,1H3,(H,17,21). The second-order valence-electron chi connectivity index (χ2n) is 5.27. The topological polar surface area (TPSA) is 90.1 Å². The van der Waals surface area contributed by atoms with E-state index in [9.17, 15) is 14.9 Å². The van der Waals surface area contributed by atoms with E-state index >= 15 is 0 Å². The summed E-state index contributed by atoms with van der Waals surface area (Å²) in [5.41, 5.74) is 2.73. The molecular formula is C16H14N4O3S. The Morgan fingerprint density at radius 3 is 2.75 bits per heavy atom. The van der Waals surface area contributed by atoms with E-state index in [0.717, 1.165) is 16.8 Å². The van der Waals surface area contributed by atoms with Gasteiger partial charge in [-0.2, -0.15) is 4.68 Å². The van der Waals surface area contributed by atoms with Crippen molar-refractivity contribution in [1.82, 2.24) is 9.78 Å². The Bertz CT molecular complexity index is 883. The van der Waals surface area contributed by atoms with Crippen molar-refractivity contribution in [3.8, 4) is 0 Å². The Hall–Kier alpha value is -3.00. The van der Waals surface area contributed by atoms with Crippen LogP contribution in [0.2, 0.25) is 0 Å². The minimum absolute atomic E-state index is 0.179. The first-order chi connectivity index (χ1) is 11.5. The van der Waals surface area contributed by atoms with E-state index in [0.29, 0.717) is 11.4 Å². The number of carbonyl (C=O) groups excluding carboxylic acids is 1. The molecule has 8 heteroatoms. The number of amides is 1. The zero-order chi connectivity index (χ0) is 17.1. The normalized spacial score (nSPS) is 10.5. The van der Waals surface area contributed by atoms with Crippen LogP contribution in [0.1, 0.15) is 20.8 Å². The van der Waals surface area contributed by atoms with E-state index in [1.165, 1.54) is 22.1 Å². The van der Waals surface area contributed by atoms with Crippen molar-refractivity contribution >= 4 is 28.7 Å². The highest BCUT2D eigenvalue weighted by atomic mass is 32.1. The molecule has 0 aliphatic heterocycles. The summed E-state index contributed by atoms with van der Waals surface area (Å²) >= 11 is 1.33. The van der Waals surface area contributed by atoms with Crippen molar-refractivity contribution in [3.05, 3.63) is 74.1 Å². The fraction of sp³-hybridized carbons (Fsp3) is 0.125. The molecule has 0 saturated carbocycles. The van der Waals surface area contributed by atoms with E-state index < -0.39 is 4.92 Å². The quantitative estimate of drug-likeness (QED) is 0.568. The zero-order valence-corrected chi connectivity index (χ0v) is 13.6. The lowest BCUT2D eigenvalue weighted by Gasteiger charge is -2.03. The van der Waals surface area contributed by atoms with Crippen molar-refractivity contribution in [2.75, 3.05) is 5.32 Å². The second-order valence-corrected chi connectivity index (χ2v) is 6.18.